The second-order valence-electron chi connectivity index (χ2n) is 4.96. The molecular formula is C13H25N3. The number of nitrogens with two attached hydrogens (primary N) is 1. The molecule has 0 saturated carbocycles. The SMILES string of the molecule is CCCn1ccnc1CC(N)(CC)C(C)C. The molecule has 92 valence electrons. The fourth-order valence-corrected chi connectivity index (χ4v) is 1.98. The van der Waals surface area contributed by atoms with Gasteiger partial charge in [-0.3, -0.25) is 0 Å². The van der Waals surface area contributed by atoms with Crippen LogP contribution in [0.4, 0.5) is 0 Å². The molecule has 0 aromatic carbocycles. The van der Waals surface area contributed by atoms with Gasteiger partial charge in [-0.05, 0) is 18.8 Å². The Bertz CT molecular complexity index is 317. The first kappa shape index (κ1) is 13.2. The zero-order chi connectivity index (χ0) is 12.2. The smallest absolute Gasteiger partial charge is 0.110 e. The van der Waals surface area contributed by atoms with Gasteiger partial charge in [0.15, 0.2) is 0 Å². The zero-order valence-corrected chi connectivity index (χ0v) is 11.0. The molecule has 1 aromatic heterocycles. The van der Waals surface area contributed by atoms with Gasteiger partial charge < -0.3 is 10.3 Å². The molecule has 16 heavy (non-hydrogen) atoms. The zero-order valence-electron chi connectivity index (χ0n) is 11.0. The maximum Gasteiger partial charge on any atom is 0.110 e. The Kier molecular flexibility index (Phi) is 4.54. The van der Waals surface area contributed by atoms with E-state index in [0.29, 0.717) is 5.92 Å². The van der Waals surface area contributed by atoms with Gasteiger partial charge in [-0.15, -0.1) is 0 Å². The number of imidazole rings is 1. The molecule has 3 heteroatoms. The molecule has 1 unspecified atom stereocenters. The summed E-state index contributed by atoms with van der Waals surface area (Å²) < 4.78 is 2.22. The lowest BCUT2D eigenvalue weighted by atomic mass is 9.82. The summed E-state index contributed by atoms with van der Waals surface area (Å²) in [6.07, 6.45) is 6.92. The van der Waals surface area contributed by atoms with Crippen LogP contribution in [-0.4, -0.2) is 15.1 Å². The summed E-state index contributed by atoms with van der Waals surface area (Å²) in [6.45, 7) is 9.76. The van der Waals surface area contributed by atoms with Crippen LogP contribution in [0, 0.1) is 5.92 Å². The van der Waals surface area contributed by atoms with Crippen molar-refractivity contribution in [1.29, 1.82) is 0 Å². The summed E-state index contributed by atoms with van der Waals surface area (Å²) in [5, 5.41) is 0. The summed E-state index contributed by atoms with van der Waals surface area (Å²) in [5.41, 5.74) is 6.31. The van der Waals surface area contributed by atoms with Gasteiger partial charge >= 0.3 is 0 Å². The van der Waals surface area contributed by atoms with Crippen LogP contribution in [-0.2, 0) is 13.0 Å². The maximum atomic E-state index is 6.44. The predicted octanol–water partition coefficient (Wildman–Crippen LogP) is 2.60. The number of rotatable bonds is 6. The van der Waals surface area contributed by atoms with Gasteiger partial charge in [0.2, 0.25) is 0 Å². The number of hydrogen-bond donors (Lipinski definition) is 1. The fourth-order valence-electron chi connectivity index (χ4n) is 1.98. The molecule has 0 amide bonds. The van der Waals surface area contributed by atoms with E-state index in [2.05, 4.69) is 43.4 Å². The van der Waals surface area contributed by atoms with Crippen molar-refractivity contribution in [3.8, 4) is 0 Å². The quantitative estimate of drug-likeness (QED) is 0.805. The van der Waals surface area contributed by atoms with Gasteiger partial charge in [-0.25, -0.2) is 4.98 Å². The lowest BCUT2D eigenvalue weighted by Crippen LogP contribution is -2.47. The van der Waals surface area contributed by atoms with Crippen LogP contribution < -0.4 is 5.73 Å². The van der Waals surface area contributed by atoms with Crippen molar-refractivity contribution in [3.05, 3.63) is 18.2 Å². The van der Waals surface area contributed by atoms with Crippen molar-refractivity contribution in [2.45, 2.75) is 59.0 Å². The lowest BCUT2D eigenvalue weighted by Gasteiger charge is -2.32. The molecule has 1 heterocycles. The van der Waals surface area contributed by atoms with Crippen LogP contribution in [0.1, 0.15) is 46.4 Å². The van der Waals surface area contributed by atoms with E-state index in [9.17, 15) is 0 Å². The first-order valence-corrected chi connectivity index (χ1v) is 6.32. The third-order valence-corrected chi connectivity index (χ3v) is 3.56. The van der Waals surface area contributed by atoms with Crippen LogP contribution >= 0.6 is 0 Å². The highest BCUT2D eigenvalue weighted by Gasteiger charge is 2.28. The van der Waals surface area contributed by atoms with Crippen molar-refractivity contribution in [2.24, 2.45) is 11.7 Å². The topological polar surface area (TPSA) is 43.8 Å². The van der Waals surface area contributed by atoms with Gasteiger partial charge in [0.25, 0.3) is 0 Å². The molecule has 1 aromatic rings. The van der Waals surface area contributed by atoms with E-state index in [1.165, 1.54) is 0 Å². The van der Waals surface area contributed by atoms with E-state index in [1.807, 2.05) is 6.20 Å². The Morgan fingerprint density at radius 1 is 1.44 bits per heavy atom. The van der Waals surface area contributed by atoms with E-state index < -0.39 is 0 Å². The summed E-state index contributed by atoms with van der Waals surface area (Å²) in [5.74, 6) is 1.60. The Balaban J connectivity index is 2.81. The monoisotopic (exact) mass is 223 g/mol. The molecular weight excluding hydrogens is 198 g/mol. The highest BCUT2D eigenvalue weighted by molar-refractivity contribution is 5.01. The van der Waals surface area contributed by atoms with Crippen molar-refractivity contribution >= 4 is 0 Å². The van der Waals surface area contributed by atoms with Crippen molar-refractivity contribution in [3.63, 3.8) is 0 Å². The van der Waals surface area contributed by atoms with Crippen molar-refractivity contribution in [2.75, 3.05) is 0 Å². The van der Waals surface area contributed by atoms with Crippen molar-refractivity contribution in [1.82, 2.24) is 9.55 Å². The first-order chi connectivity index (χ1) is 7.53. The highest BCUT2D eigenvalue weighted by Crippen LogP contribution is 2.22. The molecule has 3 nitrogen and oxygen atoms in total. The minimum absolute atomic E-state index is 0.128. The van der Waals surface area contributed by atoms with Crippen LogP contribution in [0.25, 0.3) is 0 Å². The summed E-state index contributed by atoms with van der Waals surface area (Å²) in [6, 6.07) is 0. The standard InChI is InChI=1S/C13H25N3/c1-5-8-16-9-7-15-12(16)10-13(14,6-2)11(3)4/h7,9,11H,5-6,8,10,14H2,1-4H3. The molecule has 0 bridgehead atoms. The Hall–Kier alpha value is -0.830. The Morgan fingerprint density at radius 2 is 2.12 bits per heavy atom. The largest absolute Gasteiger partial charge is 0.335 e. The molecule has 1 rings (SSSR count). The molecule has 0 aliphatic carbocycles. The maximum absolute atomic E-state index is 6.44. The predicted molar refractivity (Wildman–Crippen MR) is 68.3 cm³/mol. The molecule has 0 fully saturated rings. The fraction of sp³-hybridized carbons (Fsp3) is 0.769. The third kappa shape index (κ3) is 2.85. The van der Waals surface area contributed by atoms with E-state index >= 15 is 0 Å². The van der Waals surface area contributed by atoms with Gasteiger partial charge in [-0.1, -0.05) is 27.7 Å². The molecule has 0 aliphatic heterocycles. The van der Waals surface area contributed by atoms with Crippen LogP contribution in [0.2, 0.25) is 0 Å². The molecule has 0 aliphatic rings. The van der Waals surface area contributed by atoms with Crippen molar-refractivity contribution < 1.29 is 0 Å². The second kappa shape index (κ2) is 5.48. The first-order valence-electron chi connectivity index (χ1n) is 6.32. The van der Waals surface area contributed by atoms with Gasteiger partial charge in [0.05, 0.1) is 0 Å². The Labute approximate surface area is 99.1 Å². The lowest BCUT2D eigenvalue weighted by molar-refractivity contribution is 0.287. The van der Waals surface area contributed by atoms with Crippen LogP contribution in [0.3, 0.4) is 0 Å². The van der Waals surface area contributed by atoms with Gasteiger partial charge in [0.1, 0.15) is 5.82 Å². The molecule has 2 N–H and O–H groups in total. The molecule has 0 saturated heterocycles. The molecule has 0 spiro atoms. The number of aryl methyl sites for hydroxylation is 1. The molecule has 0 radical (unpaired) electrons. The molecule has 1 atom stereocenters. The number of aromatic nitrogens is 2. The van der Waals surface area contributed by atoms with Crippen LogP contribution in [0.5, 0.6) is 0 Å². The summed E-state index contributed by atoms with van der Waals surface area (Å²) in [4.78, 5) is 4.43. The van der Waals surface area contributed by atoms with E-state index in [0.717, 1.165) is 31.6 Å². The minimum atomic E-state index is -0.128. The Morgan fingerprint density at radius 3 is 2.62 bits per heavy atom. The summed E-state index contributed by atoms with van der Waals surface area (Å²) >= 11 is 0. The highest BCUT2D eigenvalue weighted by atomic mass is 15.1. The third-order valence-electron chi connectivity index (χ3n) is 3.56. The second-order valence-corrected chi connectivity index (χ2v) is 4.96. The summed E-state index contributed by atoms with van der Waals surface area (Å²) in [7, 11) is 0. The van der Waals surface area contributed by atoms with E-state index in [-0.39, 0.29) is 5.54 Å². The van der Waals surface area contributed by atoms with Gasteiger partial charge in [0, 0.05) is 30.9 Å². The van der Waals surface area contributed by atoms with Gasteiger partial charge in [-0.2, -0.15) is 0 Å². The minimum Gasteiger partial charge on any atom is -0.335 e. The van der Waals surface area contributed by atoms with E-state index in [1.54, 1.807) is 0 Å². The van der Waals surface area contributed by atoms with E-state index in [4.69, 9.17) is 5.73 Å². The normalized spacial score (nSPS) is 15.4. The average Bonchev–Trinajstić information content (AvgIpc) is 2.66. The number of nitrogens with zero attached hydrogens (tertiary/aromatic N) is 2. The number of hydrogen-bond acceptors (Lipinski definition) is 2. The average molecular weight is 223 g/mol. The van der Waals surface area contributed by atoms with Crippen LogP contribution in [0.15, 0.2) is 12.4 Å².